The van der Waals surface area contributed by atoms with Crippen molar-refractivity contribution in [1.29, 1.82) is 0 Å². The Morgan fingerprint density at radius 2 is 1.92 bits per heavy atom. The minimum absolute atomic E-state index is 0.166. The second-order valence-corrected chi connectivity index (χ2v) is 8.37. The van der Waals surface area contributed by atoms with E-state index < -0.39 is 21.4 Å². The van der Waals surface area contributed by atoms with Crippen molar-refractivity contribution in [3.05, 3.63) is 40.8 Å². The van der Waals surface area contributed by atoms with Crippen LogP contribution in [0.3, 0.4) is 0 Å². The van der Waals surface area contributed by atoms with Crippen molar-refractivity contribution in [2.75, 3.05) is 0 Å². The van der Waals surface area contributed by atoms with Crippen LogP contribution in [-0.2, 0) is 15.6 Å². The monoisotopic (exact) mass is 387 g/mol. The number of sulfonamides is 1. The largest absolute Gasteiger partial charge is 0.340 e. The van der Waals surface area contributed by atoms with E-state index in [2.05, 4.69) is 14.9 Å². The van der Waals surface area contributed by atoms with Gasteiger partial charge in [0.05, 0.1) is 10.6 Å². The molecular weight excluding hydrogens is 369 g/mol. The van der Waals surface area contributed by atoms with E-state index in [4.69, 9.17) is 16.1 Å². The average Bonchev–Trinajstić information content (AvgIpc) is 2.83. The molecule has 1 N–H and O–H groups in total. The van der Waals surface area contributed by atoms with Crippen LogP contribution in [0.25, 0.3) is 0 Å². The number of aryl methyl sites for hydroxylation is 1. The molecule has 25 heavy (non-hydrogen) atoms. The van der Waals surface area contributed by atoms with Crippen molar-refractivity contribution in [3.8, 4) is 0 Å². The molecule has 0 amide bonds. The summed E-state index contributed by atoms with van der Waals surface area (Å²) in [4.78, 5) is 4.10. The van der Waals surface area contributed by atoms with Gasteiger partial charge < -0.3 is 4.52 Å². The van der Waals surface area contributed by atoms with Crippen molar-refractivity contribution < 1.29 is 17.3 Å². The first-order valence-corrected chi connectivity index (χ1v) is 9.98. The van der Waals surface area contributed by atoms with Crippen molar-refractivity contribution >= 4 is 21.6 Å². The highest BCUT2D eigenvalue weighted by Crippen LogP contribution is 2.36. The lowest BCUT2D eigenvalue weighted by Crippen LogP contribution is -2.46. The number of aromatic nitrogens is 2. The molecule has 3 rings (SSSR count). The molecule has 2 aromatic rings. The third-order valence-corrected chi connectivity index (χ3v) is 6.45. The highest BCUT2D eigenvalue weighted by atomic mass is 35.5. The maximum absolute atomic E-state index is 13.3. The summed E-state index contributed by atoms with van der Waals surface area (Å²) in [5.41, 5.74) is -0.954. The van der Waals surface area contributed by atoms with E-state index in [9.17, 15) is 12.8 Å². The molecular formula is C16H19ClFN3O3S. The zero-order valence-corrected chi connectivity index (χ0v) is 15.3. The first-order chi connectivity index (χ1) is 11.8. The zero-order valence-electron chi connectivity index (χ0n) is 13.8. The molecule has 0 aliphatic heterocycles. The van der Waals surface area contributed by atoms with Crippen LogP contribution in [0.2, 0.25) is 5.02 Å². The summed E-state index contributed by atoms with van der Waals surface area (Å²) in [6.07, 6.45) is 4.82. The Morgan fingerprint density at radius 1 is 1.24 bits per heavy atom. The fourth-order valence-electron chi connectivity index (χ4n) is 3.20. The van der Waals surface area contributed by atoms with Gasteiger partial charge in [-0.3, -0.25) is 0 Å². The number of hydrogen-bond donors (Lipinski definition) is 1. The van der Waals surface area contributed by atoms with Crippen LogP contribution in [0.1, 0.15) is 50.2 Å². The molecule has 0 spiro atoms. The standard InChI is InChI=1S/C16H19ClFN3O3S/c1-11-19-15(20-24-11)16(8-4-2-3-5-9-16)21-25(22,23)14-7-6-12(18)10-13(14)17/h6-7,10,21H,2-5,8-9H2,1H3. The van der Waals surface area contributed by atoms with Crippen LogP contribution < -0.4 is 4.72 Å². The Bertz CT molecular complexity index is 861. The summed E-state index contributed by atoms with van der Waals surface area (Å²) >= 11 is 5.95. The Balaban J connectivity index is 2.02. The van der Waals surface area contributed by atoms with Gasteiger partial charge in [-0.05, 0) is 31.0 Å². The van der Waals surface area contributed by atoms with E-state index in [1.807, 2.05) is 0 Å². The van der Waals surface area contributed by atoms with Crippen molar-refractivity contribution in [1.82, 2.24) is 14.9 Å². The second-order valence-electron chi connectivity index (χ2n) is 6.31. The number of rotatable bonds is 4. The summed E-state index contributed by atoms with van der Waals surface area (Å²) in [5, 5.41) is 3.80. The van der Waals surface area contributed by atoms with E-state index in [0.717, 1.165) is 43.9 Å². The molecule has 6 nitrogen and oxygen atoms in total. The SMILES string of the molecule is Cc1nc(C2(NS(=O)(=O)c3ccc(F)cc3Cl)CCCCCC2)no1. The van der Waals surface area contributed by atoms with E-state index in [-0.39, 0.29) is 9.92 Å². The molecule has 0 saturated heterocycles. The number of nitrogens with one attached hydrogen (secondary N) is 1. The smallest absolute Gasteiger partial charge is 0.242 e. The number of benzene rings is 1. The lowest BCUT2D eigenvalue weighted by molar-refractivity contribution is 0.301. The lowest BCUT2D eigenvalue weighted by atomic mass is 9.91. The molecule has 1 saturated carbocycles. The average molecular weight is 388 g/mol. The molecule has 1 aromatic heterocycles. The van der Waals surface area contributed by atoms with Crippen LogP contribution in [0.4, 0.5) is 4.39 Å². The molecule has 1 heterocycles. The maximum Gasteiger partial charge on any atom is 0.242 e. The Labute approximate surface area is 150 Å². The molecule has 0 unspecified atom stereocenters. The van der Waals surface area contributed by atoms with Crippen molar-refractivity contribution in [3.63, 3.8) is 0 Å². The Morgan fingerprint density at radius 3 is 2.48 bits per heavy atom. The summed E-state index contributed by atoms with van der Waals surface area (Å²) in [5.74, 6) is 0.105. The van der Waals surface area contributed by atoms with Crippen molar-refractivity contribution in [2.45, 2.75) is 55.9 Å². The Kier molecular flexibility index (Phi) is 5.13. The minimum atomic E-state index is -3.99. The normalized spacial score (nSPS) is 18.0. The third kappa shape index (κ3) is 3.86. The van der Waals surface area contributed by atoms with Gasteiger partial charge in [-0.25, -0.2) is 12.8 Å². The van der Waals surface area contributed by atoms with E-state index in [0.29, 0.717) is 24.6 Å². The van der Waals surface area contributed by atoms with Crippen LogP contribution in [0.5, 0.6) is 0 Å². The van der Waals surface area contributed by atoms with Gasteiger partial charge in [-0.1, -0.05) is 42.4 Å². The maximum atomic E-state index is 13.3. The molecule has 0 bridgehead atoms. The molecule has 0 atom stereocenters. The van der Waals surface area contributed by atoms with Gasteiger partial charge >= 0.3 is 0 Å². The van der Waals surface area contributed by atoms with Gasteiger partial charge in [0.15, 0.2) is 5.82 Å². The van der Waals surface area contributed by atoms with Crippen LogP contribution >= 0.6 is 11.6 Å². The third-order valence-electron chi connectivity index (χ3n) is 4.43. The fourth-order valence-corrected chi connectivity index (χ4v) is 5.16. The number of nitrogens with zero attached hydrogens (tertiary/aromatic N) is 2. The van der Waals surface area contributed by atoms with E-state index in [1.165, 1.54) is 0 Å². The molecule has 1 aliphatic carbocycles. The zero-order chi connectivity index (χ0) is 18.1. The van der Waals surface area contributed by atoms with E-state index >= 15 is 0 Å². The lowest BCUT2D eigenvalue weighted by Gasteiger charge is -2.30. The molecule has 9 heteroatoms. The molecule has 136 valence electrons. The van der Waals surface area contributed by atoms with Gasteiger partial charge in [-0.15, -0.1) is 0 Å². The predicted molar refractivity (Wildman–Crippen MR) is 90.1 cm³/mol. The topological polar surface area (TPSA) is 85.1 Å². The summed E-state index contributed by atoms with van der Waals surface area (Å²) in [7, 11) is -3.99. The molecule has 1 aliphatic rings. The van der Waals surface area contributed by atoms with Gasteiger partial charge in [0.2, 0.25) is 15.9 Å². The summed E-state index contributed by atoms with van der Waals surface area (Å²) in [6, 6.07) is 3.21. The van der Waals surface area contributed by atoms with Gasteiger partial charge in [0, 0.05) is 6.92 Å². The summed E-state index contributed by atoms with van der Waals surface area (Å²) < 4.78 is 46.9. The van der Waals surface area contributed by atoms with E-state index in [1.54, 1.807) is 6.92 Å². The van der Waals surface area contributed by atoms with Crippen molar-refractivity contribution in [2.24, 2.45) is 0 Å². The number of halogens is 2. The predicted octanol–water partition coefficient (Wildman–Crippen LogP) is 3.70. The van der Waals surface area contributed by atoms with Gasteiger partial charge in [0.25, 0.3) is 0 Å². The molecule has 0 radical (unpaired) electrons. The first-order valence-electron chi connectivity index (χ1n) is 8.12. The number of hydrogen-bond acceptors (Lipinski definition) is 5. The van der Waals surface area contributed by atoms with Crippen LogP contribution in [0.15, 0.2) is 27.6 Å². The fraction of sp³-hybridized carbons (Fsp3) is 0.500. The summed E-state index contributed by atoms with van der Waals surface area (Å²) in [6.45, 7) is 1.66. The highest BCUT2D eigenvalue weighted by Gasteiger charge is 2.41. The van der Waals surface area contributed by atoms with Crippen LogP contribution in [-0.4, -0.2) is 18.6 Å². The van der Waals surface area contributed by atoms with Gasteiger partial charge in [-0.2, -0.15) is 9.71 Å². The minimum Gasteiger partial charge on any atom is -0.340 e. The molecule has 1 aromatic carbocycles. The quantitative estimate of drug-likeness (QED) is 0.808. The first kappa shape index (κ1) is 18.3. The Hall–Kier alpha value is -1.51. The second kappa shape index (κ2) is 7.01. The molecule has 1 fully saturated rings. The van der Waals surface area contributed by atoms with Gasteiger partial charge in [0.1, 0.15) is 10.7 Å². The highest BCUT2D eigenvalue weighted by molar-refractivity contribution is 7.89. The van der Waals surface area contributed by atoms with Crippen LogP contribution in [0, 0.1) is 12.7 Å².